The van der Waals surface area contributed by atoms with Gasteiger partial charge in [-0.25, -0.2) is 8.42 Å². The number of hydrogen-bond donors (Lipinski definition) is 2. The molecule has 0 aliphatic carbocycles. The zero-order chi connectivity index (χ0) is 15.0. The van der Waals surface area contributed by atoms with E-state index in [1.165, 1.54) is 16.4 Å². The highest BCUT2D eigenvalue weighted by molar-refractivity contribution is 7.89. The largest absolute Gasteiger partial charge is 0.507 e. The molecule has 7 heteroatoms. The SMILES string of the molecule is O=C1CCC2CN(S(=O)(=O)c3ccccc3O)CCC2N1. The van der Waals surface area contributed by atoms with E-state index in [9.17, 15) is 18.3 Å². The van der Waals surface area contributed by atoms with Crippen LogP contribution in [0, 0.1) is 5.92 Å². The molecule has 2 atom stereocenters. The number of para-hydroxylation sites is 1. The Morgan fingerprint density at radius 2 is 2.00 bits per heavy atom. The topological polar surface area (TPSA) is 86.7 Å². The van der Waals surface area contributed by atoms with Gasteiger partial charge in [-0.15, -0.1) is 0 Å². The van der Waals surface area contributed by atoms with E-state index in [1.807, 2.05) is 0 Å². The molecule has 1 amide bonds. The van der Waals surface area contributed by atoms with Crippen molar-refractivity contribution in [2.75, 3.05) is 13.1 Å². The van der Waals surface area contributed by atoms with Crippen molar-refractivity contribution in [1.29, 1.82) is 0 Å². The Kier molecular flexibility index (Phi) is 3.62. The van der Waals surface area contributed by atoms with Crippen LogP contribution in [0.2, 0.25) is 0 Å². The average molecular weight is 310 g/mol. The Morgan fingerprint density at radius 3 is 2.76 bits per heavy atom. The lowest BCUT2D eigenvalue weighted by Gasteiger charge is -2.40. The summed E-state index contributed by atoms with van der Waals surface area (Å²) in [5.41, 5.74) is 0. The van der Waals surface area contributed by atoms with E-state index in [0.29, 0.717) is 32.4 Å². The highest BCUT2D eigenvalue weighted by Crippen LogP contribution is 2.31. The van der Waals surface area contributed by atoms with E-state index in [1.54, 1.807) is 12.1 Å². The van der Waals surface area contributed by atoms with Gasteiger partial charge in [0.25, 0.3) is 0 Å². The van der Waals surface area contributed by atoms with Crippen LogP contribution in [0.1, 0.15) is 19.3 Å². The number of hydrogen-bond acceptors (Lipinski definition) is 4. The number of carbonyl (C=O) groups excluding carboxylic acids is 1. The van der Waals surface area contributed by atoms with E-state index in [4.69, 9.17) is 0 Å². The third-order valence-electron chi connectivity index (χ3n) is 4.27. The van der Waals surface area contributed by atoms with Crippen molar-refractivity contribution < 1.29 is 18.3 Å². The molecule has 0 spiro atoms. The van der Waals surface area contributed by atoms with Crippen LogP contribution in [-0.2, 0) is 14.8 Å². The summed E-state index contributed by atoms with van der Waals surface area (Å²) in [4.78, 5) is 11.3. The van der Waals surface area contributed by atoms with Gasteiger partial charge >= 0.3 is 0 Å². The molecule has 2 heterocycles. The number of fused-ring (bicyclic) bond motifs is 1. The lowest BCUT2D eigenvalue weighted by molar-refractivity contribution is -0.124. The van der Waals surface area contributed by atoms with Gasteiger partial charge in [-0.3, -0.25) is 4.79 Å². The average Bonchev–Trinajstić information content (AvgIpc) is 2.47. The van der Waals surface area contributed by atoms with Gasteiger partial charge in [-0.05, 0) is 30.9 Å². The molecule has 0 bridgehead atoms. The molecule has 1 aromatic rings. The summed E-state index contributed by atoms with van der Waals surface area (Å²) in [6.45, 7) is 0.750. The first-order valence-corrected chi connectivity index (χ1v) is 8.50. The third kappa shape index (κ3) is 2.63. The standard InChI is InChI=1S/C14H18N2O4S/c17-12-3-1-2-4-13(12)21(19,20)16-8-7-11-10(9-16)5-6-14(18)15-11/h1-4,10-11,17H,5-9H2,(H,15,18). The zero-order valence-corrected chi connectivity index (χ0v) is 12.3. The van der Waals surface area contributed by atoms with Crippen molar-refractivity contribution >= 4 is 15.9 Å². The molecule has 114 valence electrons. The smallest absolute Gasteiger partial charge is 0.246 e. The Bertz CT molecular complexity index is 659. The third-order valence-corrected chi connectivity index (χ3v) is 6.18. The Labute approximate surface area is 123 Å². The number of phenolic OH excluding ortho intramolecular Hbond substituents is 1. The van der Waals surface area contributed by atoms with Crippen LogP contribution in [-0.4, -0.2) is 42.9 Å². The maximum absolute atomic E-state index is 12.6. The molecule has 6 nitrogen and oxygen atoms in total. The first-order valence-electron chi connectivity index (χ1n) is 7.06. The predicted octanol–water partition coefficient (Wildman–Crippen LogP) is 0.681. The van der Waals surface area contributed by atoms with E-state index in [2.05, 4.69) is 5.32 Å². The van der Waals surface area contributed by atoms with Crippen LogP contribution in [0.15, 0.2) is 29.2 Å². The summed E-state index contributed by atoms with van der Waals surface area (Å²) in [6.07, 6.45) is 1.78. The summed E-state index contributed by atoms with van der Waals surface area (Å²) < 4.78 is 26.7. The molecular weight excluding hydrogens is 292 g/mol. The maximum Gasteiger partial charge on any atom is 0.246 e. The summed E-state index contributed by atoms with van der Waals surface area (Å²) in [5.74, 6) is -0.0260. The minimum atomic E-state index is -3.69. The van der Waals surface area contributed by atoms with Gasteiger partial charge in [0.2, 0.25) is 15.9 Å². The van der Waals surface area contributed by atoms with Crippen LogP contribution >= 0.6 is 0 Å². The van der Waals surface area contributed by atoms with Gasteiger partial charge in [0.05, 0.1) is 0 Å². The highest BCUT2D eigenvalue weighted by Gasteiger charge is 2.38. The van der Waals surface area contributed by atoms with Crippen LogP contribution in [0.25, 0.3) is 0 Å². The van der Waals surface area contributed by atoms with Crippen LogP contribution < -0.4 is 5.32 Å². The number of rotatable bonds is 2. The van der Waals surface area contributed by atoms with Crippen molar-refractivity contribution in [2.45, 2.75) is 30.2 Å². The number of phenols is 1. The minimum Gasteiger partial charge on any atom is -0.507 e. The number of piperidine rings is 2. The molecular formula is C14H18N2O4S. The fourth-order valence-corrected chi connectivity index (χ4v) is 4.70. The lowest BCUT2D eigenvalue weighted by Crippen LogP contribution is -2.54. The molecule has 1 aromatic carbocycles. The molecule has 2 N–H and O–H groups in total. The van der Waals surface area contributed by atoms with Crippen LogP contribution in [0.3, 0.4) is 0 Å². The predicted molar refractivity (Wildman–Crippen MR) is 76.1 cm³/mol. The molecule has 2 aliphatic rings. The van der Waals surface area contributed by atoms with Gasteiger partial charge < -0.3 is 10.4 Å². The van der Waals surface area contributed by atoms with Crippen molar-refractivity contribution in [1.82, 2.24) is 9.62 Å². The number of nitrogens with one attached hydrogen (secondary N) is 1. The molecule has 0 radical (unpaired) electrons. The number of nitrogens with zero attached hydrogens (tertiary/aromatic N) is 1. The molecule has 21 heavy (non-hydrogen) atoms. The van der Waals surface area contributed by atoms with Crippen molar-refractivity contribution in [2.24, 2.45) is 5.92 Å². The Hall–Kier alpha value is -1.60. The van der Waals surface area contributed by atoms with Crippen LogP contribution in [0.4, 0.5) is 0 Å². The van der Waals surface area contributed by atoms with Crippen LogP contribution in [0.5, 0.6) is 5.75 Å². The Balaban J connectivity index is 1.82. The molecule has 0 saturated carbocycles. The molecule has 2 aliphatic heterocycles. The summed E-state index contributed by atoms with van der Waals surface area (Å²) in [7, 11) is -3.69. The minimum absolute atomic E-state index is 0.0493. The quantitative estimate of drug-likeness (QED) is 0.841. The maximum atomic E-state index is 12.6. The first kappa shape index (κ1) is 14.3. The number of sulfonamides is 1. The van der Waals surface area contributed by atoms with E-state index >= 15 is 0 Å². The van der Waals surface area contributed by atoms with E-state index in [0.717, 1.165) is 0 Å². The summed E-state index contributed by atoms with van der Waals surface area (Å²) >= 11 is 0. The monoisotopic (exact) mass is 310 g/mol. The first-order chi connectivity index (χ1) is 9.98. The van der Waals surface area contributed by atoms with Gasteiger partial charge in [-0.2, -0.15) is 4.31 Å². The van der Waals surface area contributed by atoms with E-state index in [-0.39, 0.29) is 28.5 Å². The fraction of sp³-hybridized carbons (Fsp3) is 0.500. The van der Waals surface area contributed by atoms with Gasteiger partial charge in [-0.1, -0.05) is 12.1 Å². The van der Waals surface area contributed by atoms with Crippen molar-refractivity contribution in [3.8, 4) is 5.75 Å². The van der Waals surface area contributed by atoms with Gasteiger partial charge in [0, 0.05) is 25.6 Å². The fourth-order valence-electron chi connectivity index (χ4n) is 3.11. The zero-order valence-electron chi connectivity index (χ0n) is 11.5. The second-order valence-corrected chi connectivity index (χ2v) is 7.50. The number of carbonyl (C=O) groups is 1. The summed E-state index contributed by atoms with van der Waals surface area (Å²) in [5, 5.41) is 12.7. The van der Waals surface area contributed by atoms with Crippen molar-refractivity contribution in [3.63, 3.8) is 0 Å². The molecule has 2 unspecified atom stereocenters. The second-order valence-electron chi connectivity index (χ2n) is 5.59. The number of amides is 1. The molecule has 2 fully saturated rings. The van der Waals surface area contributed by atoms with Gasteiger partial charge in [0.15, 0.2) is 0 Å². The number of aromatic hydroxyl groups is 1. The normalized spacial score (nSPS) is 27.0. The Morgan fingerprint density at radius 1 is 1.24 bits per heavy atom. The van der Waals surface area contributed by atoms with Gasteiger partial charge in [0.1, 0.15) is 10.6 Å². The molecule has 2 saturated heterocycles. The summed E-state index contributed by atoms with van der Waals surface area (Å²) in [6, 6.07) is 6.05. The number of benzene rings is 1. The lowest BCUT2D eigenvalue weighted by atomic mass is 9.86. The molecule has 3 rings (SSSR count). The van der Waals surface area contributed by atoms with Crippen molar-refractivity contribution in [3.05, 3.63) is 24.3 Å². The second kappa shape index (κ2) is 5.31. The molecule has 0 aromatic heterocycles. The highest BCUT2D eigenvalue weighted by atomic mass is 32.2. The van der Waals surface area contributed by atoms with E-state index < -0.39 is 10.0 Å².